The second-order valence-corrected chi connectivity index (χ2v) is 6.81. The Labute approximate surface area is 184 Å². The van der Waals surface area contributed by atoms with Crippen molar-refractivity contribution in [3.05, 3.63) is 71.9 Å². The van der Waals surface area contributed by atoms with E-state index in [2.05, 4.69) is 17.6 Å². The molecular formula is C23H29ClN4O2. The van der Waals surface area contributed by atoms with Gasteiger partial charge in [-0.2, -0.15) is 5.10 Å². The molecule has 6 nitrogen and oxygen atoms in total. The number of carbonyl (C=O) groups excluding carboxylic acids is 1. The molecular weight excluding hydrogens is 400 g/mol. The lowest BCUT2D eigenvalue weighted by Crippen LogP contribution is -2.32. The molecule has 0 atom stereocenters. The lowest BCUT2D eigenvalue weighted by Gasteiger charge is -2.07. The Kier molecular flexibility index (Phi) is 9.38. The fourth-order valence-electron chi connectivity index (χ4n) is 3.08. The summed E-state index contributed by atoms with van der Waals surface area (Å²) in [6, 6.07) is 17.7. The zero-order valence-corrected chi connectivity index (χ0v) is 18.2. The average molecular weight is 429 g/mol. The van der Waals surface area contributed by atoms with Crippen LogP contribution in [0.1, 0.15) is 29.3 Å². The molecule has 3 aromatic rings. The topological polar surface area (TPSA) is 68.2 Å². The van der Waals surface area contributed by atoms with Gasteiger partial charge in [0.2, 0.25) is 0 Å². The Hall–Kier alpha value is -2.83. The molecule has 0 saturated heterocycles. The molecule has 0 radical (unpaired) electrons. The standard InChI is InChI=1S/C23H28N4O2.ClH/c1-3-12-24-13-14-25-23(28)21-17-27(16-18-8-5-4-6-9-18)26-22(21)19-10-7-11-20(15-19)29-2;/h4-11,15,17,24H,3,12-14,16H2,1-2H3,(H,25,28);1H. The molecule has 1 aromatic heterocycles. The minimum absolute atomic E-state index is 0. The smallest absolute Gasteiger partial charge is 0.255 e. The number of nitrogens with zero attached hydrogens (tertiary/aromatic N) is 2. The molecule has 2 aromatic carbocycles. The highest BCUT2D eigenvalue weighted by Gasteiger charge is 2.18. The van der Waals surface area contributed by atoms with Crippen LogP contribution in [0.4, 0.5) is 0 Å². The van der Waals surface area contributed by atoms with Crippen molar-refractivity contribution in [3.63, 3.8) is 0 Å². The average Bonchev–Trinajstić information content (AvgIpc) is 3.18. The fraction of sp³-hybridized carbons (Fsp3) is 0.304. The number of carbonyl (C=O) groups is 1. The van der Waals surface area contributed by atoms with Crippen molar-refractivity contribution in [3.8, 4) is 17.0 Å². The Morgan fingerprint density at radius 1 is 1.07 bits per heavy atom. The molecule has 160 valence electrons. The highest BCUT2D eigenvalue weighted by Crippen LogP contribution is 2.26. The van der Waals surface area contributed by atoms with Crippen LogP contribution in [0, 0.1) is 0 Å². The van der Waals surface area contributed by atoms with E-state index in [0.717, 1.165) is 36.4 Å². The van der Waals surface area contributed by atoms with Crippen LogP contribution in [0.2, 0.25) is 0 Å². The zero-order valence-electron chi connectivity index (χ0n) is 17.4. The molecule has 0 bridgehead atoms. The Morgan fingerprint density at radius 2 is 1.87 bits per heavy atom. The first-order valence-electron chi connectivity index (χ1n) is 9.96. The molecule has 0 spiro atoms. The number of nitrogens with one attached hydrogen (secondary N) is 2. The third kappa shape index (κ3) is 6.34. The van der Waals surface area contributed by atoms with Gasteiger partial charge in [0.1, 0.15) is 11.4 Å². The van der Waals surface area contributed by atoms with Crippen molar-refractivity contribution >= 4 is 18.3 Å². The Balaban J connectivity index is 0.00000320. The van der Waals surface area contributed by atoms with Crippen molar-refractivity contribution < 1.29 is 9.53 Å². The van der Waals surface area contributed by atoms with Crippen LogP contribution in [0.25, 0.3) is 11.3 Å². The van der Waals surface area contributed by atoms with Crippen LogP contribution in [0.3, 0.4) is 0 Å². The number of ether oxygens (including phenoxy) is 1. The Morgan fingerprint density at radius 3 is 2.60 bits per heavy atom. The van der Waals surface area contributed by atoms with Gasteiger partial charge in [0, 0.05) is 24.8 Å². The first kappa shape index (κ1) is 23.4. The van der Waals surface area contributed by atoms with Crippen molar-refractivity contribution in [1.29, 1.82) is 0 Å². The van der Waals surface area contributed by atoms with Gasteiger partial charge in [-0.1, -0.05) is 49.4 Å². The number of amides is 1. The number of aromatic nitrogens is 2. The van der Waals surface area contributed by atoms with Gasteiger partial charge < -0.3 is 15.4 Å². The van der Waals surface area contributed by atoms with Crippen molar-refractivity contribution in [2.24, 2.45) is 0 Å². The van der Waals surface area contributed by atoms with E-state index in [-0.39, 0.29) is 18.3 Å². The molecule has 30 heavy (non-hydrogen) atoms. The van der Waals surface area contributed by atoms with Crippen LogP contribution in [-0.4, -0.2) is 42.4 Å². The summed E-state index contributed by atoms with van der Waals surface area (Å²) in [6.07, 6.45) is 2.89. The summed E-state index contributed by atoms with van der Waals surface area (Å²) >= 11 is 0. The van der Waals surface area contributed by atoms with Crippen LogP contribution in [-0.2, 0) is 6.54 Å². The summed E-state index contributed by atoms with van der Waals surface area (Å²) in [5, 5.41) is 11.0. The predicted octanol–water partition coefficient (Wildman–Crippen LogP) is 3.76. The van der Waals surface area contributed by atoms with E-state index < -0.39 is 0 Å². The summed E-state index contributed by atoms with van der Waals surface area (Å²) < 4.78 is 7.15. The van der Waals surface area contributed by atoms with Gasteiger partial charge >= 0.3 is 0 Å². The molecule has 0 aliphatic carbocycles. The number of methoxy groups -OCH3 is 1. The molecule has 0 aliphatic heterocycles. The monoisotopic (exact) mass is 428 g/mol. The van der Waals surface area contributed by atoms with Gasteiger partial charge in [-0.3, -0.25) is 9.48 Å². The number of benzene rings is 2. The van der Waals surface area contributed by atoms with Gasteiger partial charge in [-0.15, -0.1) is 12.4 Å². The maximum atomic E-state index is 12.9. The van der Waals surface area contributed by atoms with E-state index in [1.807, 2.05) is 65.5 Å². The summed E-state index contributed by atoms with van der Waals surface area (Å²) in [4.78, 5) is 12.9. The highest BCUT2D eigenvalue weighted by atomic mass is 35.5. The summed E-state index contributed by atoms with van der Waals surface area (Å²) in [5.41, 5.74) is 3.19. The molecule has 7 heteroatoms. The van der Waals surface area contributed by atoms with Gasteiger partial charge in [0.15, 0.2) is 0 Å². The highest BCUT2D eigenvalue weighted by molar-refractivity contribution is 5.99. The van der Waals surface area contributed by atoms with Crippen molar-refractivity contribution in [2.75, 3.05) is 26.7 Å². The van der Waals surface area contributed by atoms with Gasteiger partial charge in [-0.25, -0.2) is 0 Å². The van der Waals surface area contributed by atoms with Crippen LogP contribution in [0.15, 0.2) is 60.8 Å². The number of hydrogen-bond acceptors (Lipinski definition) is 4. The maximum Gasteiger partial charge on any atom is 0.255 e. The largest absolute Gasteiger partial charge is 0.497 e. The molecule has 0 saturated carbocycles. The first-order chi connectivity index (χ1) is 14.2. The van der Waals surface area contributed by atoms with E-state index in [9.17, 15) is 4.79 Å². The molecule has 0 aliphatic rings. The van der Waals surface area contributed by atoms with E-state index >= 15 is 0 Å². The van der Waals surface area contributed by atoms with E-state index in [1.54, 1.807) is 7.11 Å². The molecule has 3 rings (SSSR count). The first-order valence-corrected chi connectivity index (χ1v) is 9.96. The van der Waals surface area contributed by atoms with Crippen LogP contribution < -0.4 is 15.4 Å². The number of hydrogen-bond donors (Lipinski definition) is 2. The normalized spacial score (nSPS) is 10.3. The van der Waals surface area contributed by atoms with Crippen molar-refractivity contribution in [1.82, 2.24) is 20.4 Å². The van der Waals surface area contributed by atoms with E-state index in [0.29, 0.717) is 24.3 Å². The molecule has 0 unspecified atom stereocenters. The quantitative estimate of drug-likeness (QED) is 0.482. The minimum atomic E-state index is -0.125. The van der Waals surface area contributed by atoms with Gasteiger partial charge in [0.25, 0.3) is 5.91 Å². The van der Waals surface area contributed by atoms with Gasteiger partial charge in [0.05, 0.1) is 19.2 Å². The Bertz CT molecular complexity index is 928. The van der Waals surface area contributed by atoms with Gasteiger partial charge in [-0.05, 0) is 30.7 Å². The molecule has 1 amide bonds. The second-order valence-electron chi connectivity index (χ2n) is 6.81. The molecule has 1 heterocycles. The summed E-state index contributed by atoms with van der Waals surface area (Å²) in [5.74, 6) is 0.607. The third-order valence-electron chi connectivity index (χ3n) is 4.55. The minimum Gasteiger partial charge on any atom is -0.497 e. The predicted molar refractivity (Wildman–Crippen MR) is 123 cm³/mol. The number of rotatable bonds is 10. The third-order valence-corrected chi connectivity index (χ3v) is 4.55. The van der Waals surface area contributed by atoms with Crippen LogP contribution in [0.5, 0.6) is 5.75 Å². The second kappa shape index (κ2) is 12.0. The summed E-state index contributed by atoms with van der Waals surface area (Å²) in [7, 11) is 1.63. The van der Waals surface area contributed by atoms with E-state index in [1.165, 1.54) is 0 Å². The molecule has 2 N–H and O–H groups in total. The lowest BCUT2D eigenvalue weighted by atomic mass is 10.1. The van der Waals surface area contributed by atoms with Crippen LogP contribution >= 0.6 is 12.4 Å². The van der Waals surface area contributed by atoms with E-state index in [4.69, 9.17) is 9.84 Å². The lowest BCUT2D eigenvalue weighted by molar-refractivity contribution is 0.0954. The number of halogens is 1. The fourth-order valence-corrected chi connectivity index (χ4v) is 3.08. The zero-order chi connectivity index (χ0) is 20.5. The molecule has 0 fully saturated rings. The SMILES string of the molecule is CCCNCCNC(=O)c1cn(Cc2ccccc2)nc1-c1cccc(OC)c1.Cl. The maximum absolute atomic E-state index is 12.9. The summed E-state index contributed by atoms with van der Waals surface area (Å²) in [6.45, 7) is 4.97. The van der Waals surface area contributed by atoms with Crippen molar-refractivity contribution in [2.45, 2.75) is 19.9 Å².